The largest absolute Gasteiger partial charge is 0.342 e. The molecular weight excluding hydrogens is 350 g/mol. The van der Waals surface area contributed by atoms with E-state index in [2.05, 4.69) is 0 Å². The van der Waals surface area contributed by atoms with Gasteiger partial charge in [0.25, 0.3) is 0 Å². The van der Waals surface area contributed by atoms with E-state index in [0.717, 1.165) is 44.7 Å². The Balaban J connectivity index is 1.42. The van der Waals surface area contributed by atoms with E-state index in [0.29, 0.717) is 19.0 Å². The highest BCUT2D eigenvalue weighted by Gasteiger charge is 2.41. The van der Waals surface area contributed by atoms with E-state index < -0.39 is 11.6 Å². The lowest BCUT2D eigenvalue weighted by molar-refractivity contribution is -0.139. The summed E-state index contributed by atoms with van der Waals surface area (Å²) in [6.45, 7) is 2.10. The highest BCUT2D eigenvalue weighted by atomic mass is 19.2. The molecule has 1 saturated carbocycles. The highest BCUT2D eigenvalue weighted by molar-refractivity contribution is 5.92. The van der Waals surface area contributed by atoms with Crippen molar-refractivity contribution in [3.8, 4) is 0 Å². The van der Waals surface area contributed by atoms with Crippen LogP contribution < -0.4 is 0 Å². The smallest absolute Gasteiger partial charge is 0.246 e. The van der Waals surface area contributed by atoms with Gasteiger partial charge in [-0.1, -0.05) is 12.1 Å². The van der Waals surface area contributed by atoms with Gasteiger partial charge in [0, 0.05) is 43.2 Å². The van der Waals surface area contributed by atoms with Gasteiger partial charge in [-0.15, -0.1) is 0 Å². The Morgan fingerprint density at radius 1 is 1.07 bits per heavy atom. The van der Waals surface area contributed by atoms with Crippen LogP contribution in [0.4, 0.5) is 8.78 Å². The second-order valence-corrected chi connectivity index (χ2v) is 7.82. The molecule has 3 fully saturated rings. The monoisotopic (exact) mass is 374 g/mol. The third-order valence-corrected chi connectivity index (χ3v) is 5.98. The van der Waals surface area contributed by atoms with Gasteiger partial charge in [-0.3, -0.25) is 9.59 Å². The summed E-state index contributed by atoms with van der Waals surface area (Å²) in [6, 6.07) is 4.05. The summed E-state index contributed by atoms with van der Waals surface area (Å²) in [4.78, 5) is 28.9. The van der Waals surface area contributed by atoms with Crippen LogP contribution in [0.15, 0.2) is 24.3 Å². The van der Waals surface area contributed by atoms with Crippen LogP contribution in [0.5, 0.6) is 0 Å². The third kappa shape index (κ3) is 3.75. The maximum atomic E-state index is 13.8. The van der Waals surface area contributed by atoms with Gasteiger partial charge in [-0.05, 0) is 50.2 Å². The van der Waals surface area contributed by atoms with E-state index in [4.69, 9.17) is 0 Å². The average Bonchev–Trinajstić information content (AvgIpc) is 3.52. The molecule has 27 heavy (non-hydrogen) atoms. The molecule has 2 heterocycles. The fraction of sp³-hybridized carbons (Fsp3) is 0.524. The number of hydrogen-bond acceptors (Lipinski definition) is 2. The molecule has 2 aliphatic heterocycles. The number of rotatable bonds is 3. The van der Waals surface area contributed by atoms with E-state index in [1.165, 1.54) is 24.3 Å². The van der Waals surface area contributed by atoms with Gasteiger partial charge >= 0.3 is 0 Å². The molecule has 3 aliphatic rings. The van der Waals surface area contributed by atoms with Crippen molar-refractivity contribution in [2.75, 3.05) is 19.6 Å². The average molecular weight is 374 g/mol. The number of amides is 2. The van der Waals surface area contributed by atoms with Crippen molar-refractivity contribution in [1.82, 2.24) is 9.80 Å². The standard InChI is InChI=1S/C21H24F2N2O2/c22-17-5-1-3-14(20(17)23)8-9-19(26)25-11-2-4-16-13-24(12-10-18(16)25)21(27)15-6-7-15/h1,3,5,8-9,15-16,18H,2,4,6-7,10-13H2/t16-,18+/m1/s1. The second kappa shape index (κ2) is 7.41. The molecule has 0 spiro atoms. The van der Waals surface area contributed by atoms with Crippen molar-refractivity contribution in [2.24, 2.45) is 11.8 Å². The molecule has 2 saturated heterocycles. The van der Waals surface area contributed by atoms with Crippen molar-refractivity contribution in [3.63, 3.8) is 0 Å². The minimum absolute atomic E-state index is 0.0711. The first kappa shape index (κ1) is 18.1. The van der Waals surface area contributed by atoms with E-state index >= 15 is 0 Å². The summed E-state index contributed by atoms with van der Waals surface area (Å²) in [5.41, 5.74) is 0.0711. The number of hydrogen-bond donors (Lipinski definition) is 0. The zero-order valence-electron chi connectivity index (χ0n) is 15.2. The summed E-state index contributed by atoms with van der Waals surface area (Å²) >= 11 is 0. The van der Waals surface area contributed by atoms with E-state index in [-0.39, 0.29) is 29.3 Å². The number of likely N-dealkylation sites (tertiary alicyclic amines) is 2. The highest BCUT2D eigenvalue weighted by Crippen LogP contribution is 2.35. The van der Waals surface area contributed by atoms with Crippen molar-refractivity contribution >= 4 is 17.9 Å². The molecule has 0 radical (unpaired) electrons. The molecule has 4 nitrogen and oxygen atoms in total. The molecule has 144 valence electrons. The molecule has 0 N–H and O–H groups in total. The van der Waals surface area contributed by atoms with E-state index in [9.17, 15) is 18.4 Å². The number of nitrogens with zero attached hydrogens (tertiary/aromatic N) is 2. The van der Waals surface area contributed by atoms with Crippen LogP contribution in [0.1, 0.15) is 37.7 Å². The topological polar surface area (TPSA) is 40.6 Å². The first-order chi connectivity index (χ1) is 13.0. The third-order valence-electron chi connectivity index (χ3n) is 5.98. The summed E-state index contributed by atoms with van der Waals surface area (Å²) < 4.78 is 27.1. The summed E-state index contributed by atoms with van der Waals surface area (Å²) in [6.07, 6.45) is 7.41. The molecule has 0 bridgehead atoms. The molecular formula is C21H24F2N2O2. The predicted molar refractivity (Wildman–Crippen MR) is 97.5 cm³/mol. The summed E-state index contributed by atoms with van der Waals surface area (Å²) in [7, 11) is 0. The Hall–Kier alpha value is -2.24. The lowest BCUT2D eigenvalue weighted by Gasteiger charge is -2.47. The molecule has 6 heteroatoms. The number of fused-ring (bicyclic) bond motifs is 1. The second-order valence-electron chi connectivity index (χ2n) is 7.82. The molecule has 4 rings (SSSR count). The lowest BCUT2D eigenvalue weighted by atomic mass is 9.83. The van der Waals surface area contributed by atoms with Gasteiger partial charge in [0.15, 0.2) is 11.6 Å². The molecule has 1 aromatic carbocycles. The fourth-order valence-corrected chi connectivity index (χ4v) is 4.37. The fourth-order valence-electron chi connectivity index (χ4n) is 4.37. The number of carbonyl (C=O) groups is 2. The minimum Gasteiger partial charge on any atom is -0.342 e. The molecule has 1 aliphatic carbocycles. The maximum absolute atomic E-state index is 13.8. The first-order valence-corrected chi connectivity index (χ1v) is 9.76. The number of halogens is 2. The predicted octanol–water partition coefficient (Wildman–Crippen LogP) is 3.23. The molecule has 1 aromatic rings. The van der Waals surface area contributed by atoms with Crippen molar-refractivity contribution in [3.05, 3.63) is 41.5 Å². The van der Waals surface area contributed by atoms with Crippen LogP contribution >= 0.6 is 0 Å². The van der Waals surface area contributed by atoms with Crippen LogP contribution in [0, 0.1) is 23.5 Å². The summed E-state index contributed by atoms with van der Waals surface area (Å²) in [5, 5.41) is 0. The zero-order valence-corrected chi connectivity index (χ0v) is 15.2. The SMILES string of the molecule is O=C(C1CC1)N1CC[C@H]2[C@H](CCCN2C(=O)C=Cc2cccc(F)c2F)C1. The van der Waals surface area contributed by atoms with E-state index in [1.54, 1.807) is 0 Å². The molecule has 0 unspecified atom stereocenters. The first-order valence-electron chi connectivity index (χ1n) is 9.76. The van der Waals surface area contributed by atoms with Gasteiger partial charge in [-0.25, -0.2) is 8.78 Å². The normalized spacial score (nSPS) is 25.6. The molecule has 0 aromatic heterocycles. The zero-order chi connectivity index (χ0) is 19.0. The Kier molecular flexibility index (Phi) is 4.98. The van der Waals surface area contributed by atoms with Gasteiger partial charge in [-0.2, -0.15) is 0 Å². The molecule has 2 amide bonds. The quantitative estimate of drug-likeness (QED) is 0.762. The Morgan fingerprint density at radius 3 is 2.67 bits per heavy atom. The van der Waals surface area contributed by atoms with Gasteiger partial charge in [0.2, 0.25) is 11.8 Å². The minimum atomic E-state index is -0.940. The van der Waals surface area contributed by atoms with Crippen molar-refractivity contribution in [1.29, 1.82) is 0 Å². The van der Waals surface area contributed by atoms with Gasteiger partial charge in [0.05, 0.1) is 0 Å². The van der Waals surface area contributed by atoms with E-state index in [1.807, 2.05) is 9.80 Å². The number of carbonyl (C=O) groups excluding carboxylic acids is 2. The van der Waals surface area contributed by atoms with Crippen LogP contribution in [-0.4, -0.2) is 47.3 Å². The van der Waals surface area contributed by atoms with Crippen molar-refractivity contribution < 1.29 is 18.4 Å². The number of piperidine rings is 2. The Bertz CT molecular complexity index is 775. The number of benzene rings is 1. The van der Waals surface area contributed by atoms with Crippen LogP contribution in [0.3, 0.4) is 0 Å². The van der Waals surface area contributed by atoms with Crippen LogP contribution in [0.2, 0.25) is 0 Å². The van der Waals surface area contributed by atoms with Crippen LogP contribution in [0.25, 0.3) is 6.08 Å². The Labute approximate surface area is 157 Å². The van der Waals surface area contributed by atoms with Gasteiger partial charge in [0.1, 0.15) is 0 Å². The van der Waals surface area contributed by atoms with Crippen LogP contribution in [-0.2, 0) is 9.59 Å². The van der Waals surface area contributed by atoms with Gasteiger partial charge < -0.3 is 9.80 Å². The Morgan fingerprint density at radius 2 is 1.89 bits per heavy atom. The van der Waals surface area contributed by atoms with Crippen molar-refractivity contribution in [2.45, 2.75) is 38.1 Å². The molecule has 2 atom stereocenters. The summed E-state index contributed by atoms with van der Waals surface area (Å²) in [5.74, 6) is -1.22. The maximum Gasteiger partial charge on any atom is 0.246 e. The lowest BCUT2D eigenvalue weighted by Crippen LogP contribution is -2.56.